The highest BCUT2D eigenvalue weighted by Gasteiger charge is 2.13. The number of rotatable bonds is 6. The molecular weight excluding hydrogens is 330 g/mol. The zero-order valence-electron chi connectivity index (χ0n) is 14.1. The van der Waals surface area contributed by atoms with Gasteiger partial charge in [0.25, 0.3) is 0 Å². The lowest BCUT2D eigenvalue weighted by Crippen LogP contribution is -2.39. The average molecular weight is 352 g/mol. The Labute approximate surface area is 145 Å². The van der Waals surface area contributed by atoms with Crippen LogP contribution in [0.2, 0.25) is 0 Å². The fourth-order valence-corrected chi connectivity index (χ4v) is 2.94. The SMILES string of the molecule is CCNC(=NCc1csc(CC)n1)NC(C)c1ccc(F)cc1F. The number of nitrogens with zero attached hydrogens (tertiary/aromatic N) is 2. The van der Waals surface area contributed by atoms with Crippen molar-refractivity contribution < 1.29 is 8.78 Å². The van der Waals surface area contributed by atoms with E-state index in [1.54, 1.807) is 18.3 Å². The Kier molecular flexibility index (Phi) is 6.66. The van der Waals surface area contributed by atoms with Gasteiger partial charge in [0.1, 0.15) is 11.6 Å². The van der Waals surface area contributed by atoms with Crippen molar-refractivity contribution in [1.29, 1.82) is 0 Å². The van der Waals surface area contributed by atoms with Crippen molar-refractivity contribution in [2.24, 2.45) is 4.99 Å². The molecule has 0 saturated carbocycles. The van der Waals surface area contributed by atoms with E-state index in [2.05, 4.69) is 27.5 Å². The summed E-state index contributed by atoms with van der Waals surface area (Å²) in [6.45, 7) is 6.96. The van der Waals surface area contributed by atoms with Gasteiger partial charge in [-0.2, -0.15) is 0 Å². The van der Waals surface area contributed by atoms with Gasteiger partial charge in [0.15, 0.2) is 5.96 Å². The van der Waals surface area contributed by atoms with E-state index in [1.807, 2.05) is 12.3 Å². The molecule has 0 saturated heterocycles. The predicted octanol–water partition coefficient (Wildman–Crippen LogP) is 3.80. The zero-order chi connectivity index (χ0) is 17.5. The van der Waals surface area contributed by atoms with Gasteiger partial charge >= 0.3 is 0 Å². The van der Waals surface area contributed by atoms with Crippen LogP contribution in [0.1, 0.15) is 43.1 Å². The number of guanidine groups is 1. The van der Waals surface area contributed by atoms with E-state index in [-0.39, 0.29) is 6.04 Å². The molecule has 0 fully saturated rings. The minimum absolute atomic E-state index is 0.343. The molecule has 0 amide bonds. The van der Waals surface area contributed by atoms with Crippen LogP contribution in [0.3, 0.4) is 0 Å². The van der Waals surface area contributed by atoms with E-state index < -0.39 is 11.6 Å². The van der Waals surface area contributed by atoms with Crippen LogP contribution in [0, 0.1) is 11.6 Å². The van der Waals surface area contributed by atoms with E-state index in [1.165, 1.54) is 12.1 Å². The van der Waals surface area contributed by atoms with Crippen LogP contribution >= 0.6 is 11.3 Å². The maximum absolute atomic E-state index is 13.9. The maximum atomic E-state index is 13.9. The second-order valence-electron chi connectivity index (χ2n) is 5.31. The Hall–Kier alpha value is -2.02. The fourth-order valence-electron chi connectivity index (χ4n) is 2.20. The van der Waals surface area contributed by atoms with Gasteiger partial charge in [-0.25, -0.2) is 18.8 Å². The van der Waals surface area contributed by atoms with Crippen LogP contribution in [0.4, 0.5) is 8.78 Å². The minimum Gasteiger partial charge on any atom is -0.357 e. The first-order valence-corrected chi connectivity index (χ1v) is 8.84. The van der Waals surface area contributed by atoms with Gasteiger partial charge in [-0.3, -0.25) is 0 Å². The van der Waals surface area contributed by atoms with E-state index in [0.29, 0.717) is 24.6 Å². The molecule has 24 heavy (non-hydrogen) atoms. The topological polar surface area (TPSA) is 49.3 Å². The number of aliphatic imine (C=N–C) groups is 1. The van der Waals surface area contributed by atoms with E-state index in [9.17, 15) is 8.78 Å². The largest absolute Gasteiger partial charge is 0.357 e. The van der Waals surface area contributed by atoms with Crippen molar-refractivity contribution in [2.75, 3.05) is 6.54 Å². The maximum Gasteiger partial charge on any atom is 0.192 e. The molecule has 0 bridgehead atoms. The highest BCUT2D eigenvalue weighted by atomic mass is 32.1. The van der Waals surface area contributed by atoms with Crippen molar-refractivity contribution in [3.8, 4) is 0 Å². The van der Waals surface area contributed by atoms with Crippen molar-refractivity contribution in [2.45, 2.75) is 39.8 Å². The lowest BCUT2D eigenvalue weighted by molar-refractivity contribution is 0.551. The molecular formula is C17H22F2N4S. The number of aromatic nitrogens is 1. The summed E-state index contributed by atoms with van der Waals surface area (Å²) in [4.78, 5) is 8.96. The van der Waals surface area contributed by atoms with Crippen molar-refractivity contribution >= 4 is 17.3 Å². The Morgan fingerprint density at radius 1 is 1.33 bits per heavy atom. The summed E-state index contributed by atoms with van der Waals surface area (Å²) in [5.74, 6) is -0.586. The first-order valence-electron chi connectivity index (χ1n) is 7.96. The molecule has 1 unspecified atom stereocenters. The van der Waals surface area contributed by atoms with Crippen molar-refractivity contribution in [3.63, 3.8) is 0 Å². The van der Waals surface area contributed by atoms with Gasteiger partial charge in [0, 0.05) is 23.6 Å². The molecule has 2 aromatic rings. The number of nitrogens with one attached hydrogen (secondary N) is 2. The number of thiazole rings is 1. The van der Waals surface area contributed by atoms with E-state index >= 15 is 0 Å². The van der Waals surface area contributed by atoms with Crippen LogP contribution in [0.15, 0.2) is 28.6 Å². The Bertz CT molecular complexity index is 700. The average Bonchev–Trinajstić information content (AvgIpc) is 3.00. The summed E-state index contributed by atoms with van der Waals surface area (Å²) in [5.41, 5.74) is 1.30. The predicted molar refractivity (Wildman–Crippen MR) is 94.2 cm³/mol. The Morgan fingerprint density at radius 3 is 2.75 bits per heavy atom. The smallest absolute Gasteiger partial charge is 0.192 e. The monoisotopic (exact) mass is 352 g/mol. The van der Waals surface area contributed by atoms with Gasteiger partial charge in [0.05, 0.1) is 23.3 Å². The molecule has 0 aliphatic heterocycles. The second kappa shape index (κ2) is 8.73. The molecule has 0 aliphatic carbocycles. The number of aryl methyl sites for hydroxylation is 1. The minimum atomic E-state index is -0.584. The summed E-state index contributed by atoms with van der Waals surface area (Å²) in [6, 6.07) is 3.24. The summed E-state index contributed by atoms with van der Waals surface area (Å²) in [5, 5.41) is 9.34. The van der Waals surface area contributed by atoms with Crippen molar-refractivity contribution in [3.05, 3.63) is 51.5 Å². The molecule has 1 atom stereocenters. The molecule has 7 heteroatoms. The normalized spacial score (nSPS) is 13.0. The second-order valence-corrected chi connectivity index (χ2v) is 6.26. The van der Waals surface area contributed by atoms with E-state index in [4.69, 9.17) is 0 Å². The highest BCUT2D eigenvalue weighted by Crippen LogP contribution is 2.17. The molecule has 1 aromatic heterocycles. The number of hydrogen-bond acceptors (Lipinski definition) is 3. The van der Waals surface area contributed by atoms with Crippen LogP contribution in [-0.4, -0.2) is 17.5 Å². The summed E-state index contributed by atoms with van der Waals surface area (Å²) in [6.07, 6.45) is 0.910. The van der Waals surface area contributed by atoms with Crippen LogP contribution in [-0.2, 0) is 13.0 Å². The standard InChI is InChI=1S/C17H22F2N4S/c1-4-16-23-13(10-24-16)9-21-17(20-5-2)22-11(3)14-7-6-12(18)8-15(14)19/h6-8,10-11H,4-5,9H2,1-3H3,(H2,20,21,22). The number of benzene rings is 1. The lowest BCUT2D eigenvalue weighted by Gasteiger charge is -2.18. The molecule has 0 radical (unpaired) electrons. The molecule has 2 N–H and O–H groups in total. The quantitative estimate of drug-likeness (QED) is 0.614. The summed E-state index contributed by atoms with van der Waals surface area (Å²) >= 11 is 1.62. The molecule has 1 heterocycles. The number of hydrogen-bond donors (Lipinski definition) is 2. The van der Waals surface area contributed by atoms with Gasteiger partial charge in [-0.1, -0.05) is 13.0 Å². The third kappa shape index (κ3) is 4.99. The molecule has 1 aromatic carbocycles. The van der Waals surface area contributed by atoms with E-state index in [0.717, 1.165) is 23.2 Å². The molecule has 0 spiro atoms. The molecule has 130 valence electrons. The van der Waals surface area contributed by atoms with Gasteiger partial charge < -0.3 is 10.6 Å². The highest BCUT2D eigenvalue weighted by molar-refractivity contribution is 7.09. The van der Waals surface area contributed by atoms with Crippen LogP contribution in [0.25, 0.3) is 0 Å². The third-order valence-corrected chi connectivity index (χ3v) is 4.47. The summed E-state index contributed by atoms with van der Waals surface area (Å²) < 4.78 is 26.9. The fraction of sp³-hybridized carbons (Fsp3) is 0.412. The van der Waals surface area contributed by atoms with Crippen LogP contribution < -0.4 is 10.6 Å². The first-order chi connectivity index (χ1) is 11.5. The van der Waals surface area contributed by atoms with Gasteiger partial charge in [-0.15, -0.1) is 11.3 Å². The summed E-state index contributed by atoms with van der Waals surface area (Å²) in [7, 11) is 0. The Balaban J connectivity index is 2.07. The van der Waals surface area contributed by atoms with Gasteiger partial charge in [-0.05, 0) is 26.3 Å². The van der Waals surface area contributed by atoms with Crippen molar-refractivity contribution in [1.82, 2.24) is 15.6 Å². The molecule has 4 nitrogen and oxygen atoms in total. The molecule has 0 aliphatic rings. The third-order valence-electron chi connectivity index (χ3n) is 3.43. The molecule has 2 rings (SSSR count). The lowest BCUT2D eigenvalue weighted by atomic mass is 10.1. The first kappa shape index (κ1) is 18.3. The number of halogens is 2. The van der Waals surface area contributed by atoms with Crippen LogP contribution in [0.5, 0.6) is 0 Å². The zero-order valence-corrected chi connectivity index (χ0v) is 14.9. The Morgan fingerprint density at radius 2 is 2.12 bits per heavy atom. The van der Waals surface area contributed by atoms with Gasteiger partial charge in [0.2, 0.25) is 0 Å².